The van der Waals surface area contributed by atoms with Crippen LogP contribution in [0.25, 0.3) is 17.1 Å². The van der Waals surface area contributed by atoms with Crippen LogP contribution in [0.5, 0.6) is 0 Å². The predicted molar refractivity (Wildman–Crippen MR) is 117 cm³/mol. The van der Waals surface area contributed by atoms with Gasteiger partial charge in [-0.05, 0) is 30.9 Å². The van der Waals surface area contributed by atoms with Crippen LogP contribution in [-0.2, 0) is 12.6 Å². The molecule has 1 aliphatic rings. The number of nitriles is 1. The van der Waals surface area contributed by atoms with E-state index in [4.69, 9.17) is 5.26 Å². The number of hydrogen-bond donors (Lipinski definition) is 2. The van der Waals surface area contributed by atoms with Crippen LogP contribution in [0.2, 0.25) is 0 Å². The Kier molecular flexibility index (Phi) is 5.49. The van der Waals surface area contributed by atoms with Gasteiger partial charge in [0.15, 0.2) is 5.82 Å². The fourth-order valence-electron chi connectivity index (χ4n) is 3.67. The van der Waals surface area contributed by atoms with E-state index in [1.807, 2.05) is 12.1 Å². The molecule has 172 valence electrons. The number of anilines is 2. The van der Waals surface area contributed by atoms with Crippen LogP contribution in [0.3, 0.4) is 0 Å². The summed E-state index contributed by atoms with van der Waals surface area (Å²) in [5, 5.41) is 23.5. The van der Waals surface area contributed by atoms with Gasteiger partial charge in [0, 0.05) is 23.4 Å². The quantitative estimate of drug-likeness (QED) is 0.397. The molecule has 3 aromatic heterocycles. The Bertz CT molecular complexity index is 1340. The van der Waals surface area contributed by atoms with Crippen LogP contribution >= 0.6 is 0 Å². The normalized spacial score (nSPS) is 13.6. The van der Waals surface area contributed by atoms with Crippen molar-refractivity contribution in [2.45, 2.75) is 31.9 Å². The summed E-state index contributed by atoms with van der Waals surface area (Å²) in [5.74, 6) is 1.95. The molecule has 0 bridgehead atoms. The second-order valence-corrected chi connectivity index (χ2v) is 8.15. The summed E-state index contributed by atoms with van der Waals surface area (Å²) in [4.78, 5) is 8.24. The van der Waals surface area contributed by atoms with E-state index in [0.717, 1.165) is 46.7 Å². The molecule has 1 aromatic carbocycles. The predicted octanol–water partition coefficient (Wildman–Crippen LogP) is 5.03. The van der Waals surface area contributed by atoms with E-state index in [1.54, 1.807) is 12.1 Å². The summed E-state index contributed by atoms with van der Waals surface area (Å²) in [6.07, 6.45) is 2.69. The minimum Gasteiger partial charge on any atom is -0.325 e. The van der Waals surface area contributed by atoms with E-state index in [9.17, 15) is 13.2 Å². The molecule has 0 atom stereocenters. The van der Waals surface area contributed by atoms with Crippen molar-refractivity contribution in [1.82, 2.24) is 29.9 Å². The van der Waals surface area contributed by atoms with Crippen molar-refractivity contribution >= 4 is 11.6 Å². The van der Waals surface area contributed by atoms with Crippen LogP contribution in [-0.4, -0.2) is 29.9 Å². The van der Waals surface area contributed by atoms with Gasteiger partial charge in [-0.15, -0.1) is 0 Å². The molecule has 34 heavy (non-hydrogen) atoms. The van der Waals surface area contributed by atoms with E-state index in [0.29, 0.717) is 23.1 Å². The lowest BCUT2D eigenvalue weighted by Crippen LogP contribution is -2.04. The molecule has 0 spiro atoms. The summed E-state index contributed by atoms with van der Waals surface area (Å²) in [6.45, 7) is 0. The average Bonchev–Trinajstić information content (AvgIpc) is 3.36. The lowest BCUT2D eigenvalue weighted by molar-refractivity contribution is -0.137. The lowest BCUT2D eigenvalue weighted by atomic mass is 10.0. The number of aromatic amines is 1. The van der Waals surface area contributed by atoms with Crippen molar-refractivity contribution in [2.24, 2.45) is 5.92 Å². The van der Waals surface area contributed by atoms with Gasteiger partial charge in [-0.1, -0.05) is 25.0 Å². The van der Waals surface area contributed by atoms with Crippen molar-refractivity contribution in [3.8, 4) is 23.1 Å². The highest BCUT2D eigenvalue weighted by Gasteiger charge is 2.32. The maximum Gasteiger partial charge on any atom is 0.419 e. The average molecular weight is 464 g/mol. The largest absolute Gasteiger partial charge is 0.419 e. The lowest BCUT2D eigenvalue weighted by Gasteiger charge is -2.09. The molecule has 0 saturated heterocycles. The fraction of sp³-hybridized carbons (Fsp3) is 0.261. The SMILES string of the molecule is N#Cc1ccc(-c2n[nH]c(Nc3cc(-n4cc(C(F)(F)F)cn4)ncn3)c2CCC2CC2)cc1. The van der Waals surface area contributed by atoms with Gasteiger partial charge in [0.1, 0.15) is 18.0 Å². The first-order valence-electron chi connectivity index (χ1n) is 10.7. The van der Waals surface area contributed by atoms with Crippen molar-refractivity contribution < 1.29 is 13.2 Å². The number of nitrogens with zero attached hydrogens (tertiary/aromatic N) is 6. The van der Waals surface area contributed by atoms with Gasteiger partial charge in [-0.25, -0.2) is 14.6 Å². The molecule has 11 heteroatoms. The minimum atomic E-state index is -4.49. The molecule has 0 radical (unpaired) electrons. The smallest absolute Gasteiger partial charge is 0.325 e. The van der Waals surface area contributed by atoms with Crippen LogP contribution in [0.15, 0.2) is 49.1 Å². The molecule has 4 aromatic rings. The number of nitrogens with one attached hydrogen (secondary N) is 2. The molecule has 0 aliphatic heterocycles. The van der Waals surface area contributed by atoms with Gasteiger partial charge in [0.2, 0.25) is 0 Å². The topological polar surface area (TPSA) is 108 Å². The Labute approximate surface area is 192 Å². The number of benzene rings is 1. The van der Waals surface area contributed by atoms with Gasteiger partial charge in [0.05, 0.1) is 29.1 Å². The van der Waals surface area contributed by atoms with E-state index in [1.165, 1.54) is 25.2 Å². The molecule has 5 rings (SSSR count). The molecule has 2 N–H and O–H groups in total. The van der Waals surface area contributed by atoms with E-state index >= 15 is 0 Å². The summed E-state index contributed by atoms with van der Waals surface area (Å²) in [6, 6.07) is 10.8. The molecule has 3 heterocycles. The molecule has 1 fully saturated rings. The van der Waals surface area contributed by atoms with E-state index < -0.39 is 11.7 Å². The van der Waals surface area contributed by atoms with Gasteiger partial charge < -0.3 is 5.32 Å². The highest BCUT2D eigenvalue weighted by molar-refractivity contribution is 5.71. The van der Waals surface area contributed by atoms with Crippen LogP contribution < -0.4 is 5.32 Å². The zero-order chi connectivity index (χ0) is 23.7. The van der Waals surface area contributed by atoms with E-state index in [2.05, 4.69) is 36.7 Å². The first-order valence-corrected chi connectivity index (χ1v) is 10.7. The van der Waals surface area contributed by atoms with Crippen molar-refractivity contribution in [1.29, 1.82) is 5.26 Å². The van der Waals surface area contributed by atoms with Crippen molar-refractivity contribution in [3.63, 3.8) is 0 Å². The number of H-pyrrole nitrogens is 1. The van der Waals surface area contributed by atoms with Crippen LogP contribution in [0.4, 0.5) is 24.8 Å². The van der Waals surface area contributed by atoms with Gasteiger partial charge in [-0.3, -0.25) is 5.10 Å². The van der Waals surface area contributed by atoms with E-state index in [-0.39, 0.29) is 5.82 Å². The zero-order valence-corrected chi connectivity index (χ0v) is 17.8. The second kappa shape index (κ2) is 8.62. The Morgan fingerprint density at radius 1 is 1.18 bits per heavy atom. The first kappa shape index (κ1) is 21.6. The van der Waals surface area contributed by atoms with Gasteiger partial charge in [0.25, 0.3) is 0 Å². The summed E-state index contributed by atoms with van der Waals surface area (Å²) in [5.41, 5.74) is 2.36. The number of alkyl halides is 3. The van der Waals surface area contributed by atoms with Crippen molar-refractivity contribution in [2.75, 3.05) is 5.32 Å². The summed E-state index contributed by atoms with van der Waals surface area (Å²) >= 11 is 0. The number of hydrogen-bond acceptors (Lipinski definition) is 6. The first-order chi connectivity index (χ1) is 16.4. The van der Waals surface area contributed by atoms with Crippen LogP contribution in [0, 0.1) is 17.2 Å². The third-order valence-electron chi connectivity index (χ3n) is 5.70. The number of rotatable bonds is 7. The maximum absolute atomic E-state index is 12.9. The van der Waals surface area contributed by atoms with Crippen LogP contribution in [0.1, 0.15) is 36.0 Å². The second-order valence-electron chi connectivity index (χ2n) is 8.15. The Hall–Kier alpha value is -4.20. The van der Waals surface area contributed by atoms with Crippen molar-refractivity contribution in [3.05, 3.63) is 65.7 Å². The molecule has 1 saturated carbocycles. The Balaban J connectivity index is 1.43. The maximum atomic E-state index is 12.9. The Morgan fingerprint density at radius 2 is 1.97 bits per heavy atom. The third kappa shape index (κ3) is 4.61. The third-order valence-corrected chi connectivity index (χ3v) is 5.70. The molecular weight excluding hydrogens is 445 g/mol. The van der Waals surface area contributed by atoms with Gasteiger partial charge >= 0.3 is 6.18 Å². The molecule has 8 nitrogen and oxygen atoms in total. The number of aromatic nitrogens is 6. The molecule has 0 unspecified atom stereocenters. The fourth-order valence-corrected chi connectivity index (χ4v) is 3.67. The number of halogens is 3. The summed E-state index contributed by atoms with van der Waals surface area (Å²) in [7, 11) is 0. The highest BCUT2D eigenvalue weighted by Crippen LogP contribution is 2.37. The Morgan fingerprint density at radius 3 is 2.65 bits per heavy atom. The molecule has 0 amide bonds. The summed E-state index contributed by atoms with van der Waals surface area (Å²) < 4.78 is 39.8. The monoisotopic (exact) mass is 464 g/mol. The zero-order valence-electron chi connectivity index (χ0n) is 17.8. The molecular formula is C23H19F3N8. The van der Waals surface area contributed by atoms with Gasteiger partial charge in [-0.2, -0.15) is 28.6 Å². The standard InChI is InChI=1S/C23H19F3N8/c24-23(25,26)17-11-30-34(12-17)20-9-19(28-13-29-20)31-22-18(8-5-14-1-2-14)21(32-33-22)16-6-3-15(10-27)4-7-16/h3-4,6-7,9,11-14H,1-2,5,8H2,(H2,28,29,31,32,33). The minimum absolute atomic E-state index is 0.194. The molecule has 1 aliphatic carbocycles. The highest BCUT2D eigenvalue weighted by atomic mass is 19.4.